The molecule has 0 aliphatic heterocycles. The van der Waals surface area contributed by atoms with Gasteiger partial charge in [0, 0.05) is 19.0 Å². The lowest BCUT2D eigenvalue weighted by Crippen LogP contribution is -2.34. The summed E-state index contributed by atoms with van der Waals surface area (Å²) in [6.45, 7) is 2.76. The van der Waals surface area contributed by atoms with Crippen LogP contribution in [-0.2, 0) is 11.2 Å². The van der Waals surface area contributed by atoms with Gasteiger partial charge in [0.25, 0.3) is 0 Å². The summed E-state index contributed by atoms with van der Waals surface area (Å²) in [4.78, 5) is 11.6. The molecule has 0 heterocycles. The van der Waals surface area contributed by atoms with E-state index in [0.29, 0.717) is 24.6 Å². The normalized spacial score (nSPS) is 11.8. The molecule has 1 aromatic carbocycles. The average Bonchev–Trinajstić information content (AvgIpc) is 2.45. The second-order valence-corrected chi connectivity index (χ2v) is 4.37. The van der Waals surface area contributed by atoms with Gasteiger partial charge in [-0.05, 0) is 24.1 Å². The van der Waals surface area contributed by atoms with Gasteiger partial charge in [0.15, 0.2) is 11.5 Å². The minimum Gasteiger partial charge on any atom is -0.493 e. The van der Waals surface area contributed by atoms with Crippen LogP contribution in [-0.4, -0.2) is 33.2 Å². The molecule has 1 atom stereocenters. The minimum absolute atomic E-state index is 0.0111. The Labute approximate surface area is 114 Å². The Morgan fingerprint density at radius 2 is 2.00 bits per heavy atom. The molecule has 5 nitrogen and oxygen atoms in total. The third kappa shape index (κ3) is 4.44. The van der Waals surface area contributed by atoms with Crippen molar-refractivity contribution in [2.24, 2.45) is 11.7 Å². The molecule has 3 N–H and O–H groups in total. The van der Waals surface area contributed by atoms with Crippen molar-refractivity contribution < 1.29 is 14.3 Å². The summed E-state index contributed by atoms with van der Waals surface area (Å²) < 4.78 is 10.4. The highest BCUT2D eigenvalue weighted by atomic mass is 16.5. The largest absolute Gasteiger partial charge is 0.493 e. The highest BCUT2D eigenvalue weighted by Crippen LogP contribution is 2.27. The zero-order valence-corrected chi connectivity index (χ0v) is 11.7. The zero-order valence-electron chi connectivity index (χ0n) is 11.7. The number of carbonyl (C=O) groups excluding carboxylic acids is 1. The average molecular weight is 266 g/mol. The topological polar surface area (TPSA) is 73.6 Å². The third-order valence-corrected chi connectivity index (χ3v) is 2.96. The number of carbonyl (C=O) groups is 1. The van der Waals surface area contributed by atoms with Gasteiger partial charge in [0.05, 0.1) is 14.2 Å². The zero-order chi connectivity index (χ0) is 14.3. The molecule has 1 unspecified atom stereocenters. The van der Waals surface area contributed by atoms with Crippen molar-refractivity contribution >= 4 is 5.91 Å². The SMILES string of the molecule is COc1ccc(CCNC(=O)C(C)CN)cc1OC. The molecule has 1 amide bonds. The Balaban J connectivity index is 2.52. The second-order valence-electron chi connectivity index (χ2n) is 4.37. The number of rotatable bonds is 7. The number of methoxy groups -OCH3 is 2. The number of hydrogen-bond donors (Lipinski definition) is 2. The predicted octanol–water partition coefficient (Wildman–Crippen LogP) is 0.957. The van der Waals surface area contributed by atoms with Gasteiger partial charge in [-0.15, -0.1) is 0 Å². The molecular formula is C14H22N2O3. The molecular weight excluding hydrogens is 244 g/mol. The van der Waals surface area contributed by atoms with E-state index in [1.165, 1.54) is 0 Å². The van der Waals surface area contributed by atoms with E-state index in [9.17, 15) is 4.79 Å². The van der Waals surface area contributed by atoms with Crippen molar-refractivity contribution in [3.05, 3.63) is 23.8 Å². The predicted molar refractivity (Wildman–Crippen MR) is 74.5 cm³/mol. The van der Waals surface area contributed by atoms with E-state index in [1.54, 1.807) is 14.2 Å². The second kappa shape index (κ2) is 7.63. The third-order valence-electron chi connectivity index (χ3n) is 2.96. The van der Waals surface area contributed by atoms with Crippen molar-refractivity contribution in [3.8, 4) is 11.5 Å². The Hall–Kier alpha value is -1.75. The number of hydrogen-bond acceptors (Lipinski definition) is 4. The van der Waals surface area contributed by atoms with Gasteiger partial charge < -0.3 is 20.5 Å². The van der Waals surface area contributed by atoms with Gasteiger partial charge in [-0.25, -0.2) is 0 Å². The minimum atomic E-state index is -0.148. The van der Waals surface area contributed by atoms with Gasteiger partial charge in [0.1, 0.15) is 0 Å². The van der Waals surface area contributed by atoms with Crippen molar-refractivity contribution in [3.63, 3.8) is 0 Å². The highest BCUT2D eigenvalue weighted by Gasteiger charge is 2.10. The standard InChI is InChI=1S/C14H22N2O3/c1-10(9-15)14(17)16-7-6-11-4-5-12(18-2)13(8-11)19-3/h4-5,8,10H,6-7,9,15H2,1-3H3,(H,16,17). The summed E-state index contributed by atoms with van der Waals surface area (Å²) in [5.74, 6) is 1.24. The van der Waals surface area contributed by atoms with Crippen LogP contribution < -0.4 is 20.5 Å². The van der Waals surface area contributed by atoms with E-state index in [0.717, 1.165) is 12.0 Å². The monoisotopic (exact) mass is 266 g/mol. The summed E-state index contributed by atoms with van der Waals surface area (Å²) in [5.41, 5.74) is 6.52. The molecule has 0 aromatic heterocycles. The lowest BCUT2D eigenvalue weighted by Gasteiger charge is -2.11. The van der Waals surface area contributed by atoms with Crippen LogP contribution in [0.4, 0.5) is 0 Å². The summed E-state index contributed by atoms with van der Waals surface area (Å²) >= 11 is 0. The number of amides is 1. The summed E-state index contributed by atoms with van der Waals surface area (Å²) in [5, 5.41) is 2.86. The first-order chi connectivity index (χ1) is 9.12. The van der Waals surface area contributed by atoms with Crippen molar-refractivity contribution in [1.82, 2.24) is 5.32 Å². The molecule has 0 saturated carbocycles. The first-order valence-corrected chi connectivity index (χ1v) is 6.31. The molecule has 0 fully saturated rings. The van der Waals surface area contributed by atoms with Crippen LogP contribution in [0.5, 0.6) is 11.5 Å². The first-order valence-electron chi connectivity index (χ1n) is 6.31. The van der Waals surface area contributed by atoms with Gasteiger partial charge >= 0.3 is 0 Å². The maximum Gasteiger partial charge on any atom is 0.224 e. The van der Waals surface area contributed by atoms with Crippen molar-refractivity contribution in [1.29, 1.82) is 0 Å². The molecule has 0 aliphatic carbocycles. The fraction of sp³-hybridized carbons (Fsp3) is 0.500. The number of nitrogens with two attached hydrogens (primary N) is 1. The van der Waals surface area contributed by atoms with Gasteiger partial charge in [-0.1, -0.05) is 13.0 Å². The van der Waals surface area contributed by atoms with Crippen LogP contribution in [0.25, 0.3) is 0 Å². The molecule has 1 aromatic rings. The maximum absolute atomic E-state index is 11.6. The van der Waals surface area contributed by atoms with Crippen LogP contribution in [0.2, 0.25) is 0 Å². The van der Waals surface area contributed by atoms with Crippen molar-refractivity contribution in [2.75, 3.05) is 27.3 Å². The van der Waals surface area contributed by atoms with Gasteiger partial charge in [-0.2, -0.15) is 0 Å². The molecule has 0 bridgehead atoms. The molecule has 5 heteroatoms. The van der Waals surface area contributed by atoms with Crippen LogP contribution in [0, 0.1) is 5.92 Å². The van der Waals surface area contributed by atoms with E-state index in [1.807, 2.05) is 25.1 Å². The van der Waals surface area contributed by atoms with Crippen LogP contribution in [0.1, 0.15) is 12.5 Å². The Morgan fingerprint density at radius 1 is 1.32 bits per heavy atom. The smallest absolute Gasteiger partial charge is 0.224 e. The molecule has 0 saturated heterocycles. The van der Waals surface area contributed by atoms with Crippen LogP contribution in [0.15, 0.2) is 18.2 Å². The Morgan fingerprint density at radius 3 is 2.58 bits per heavy atom. The molecule has 1 rings (SSSR count). The molecule has 0 spiro atoms. The summed E-state index contributed by atoms with van der Waals surface area (Å²) in [7, 11) is 3.21. The Kier molecular flexibility index (Phi) is 6.15. The quantitative estimate of drug-likeness (QED) is 0.771. The molecule has 106 valence electrons. The number of benzene rings is 1. The molecule has 0 radical (unpaired) electrons. The summed E-state index contributed by atoms with van der Waals surface area (Å²) in [6.07, 6.45) is 0.739. The fourth-order valence-corrected chi connectivity index (χ4v) is 1.65. The van der Waals surface area contributed by atoms with E-state index in [4.69, 9.17) is 15.2 Å². The van der Waals surface area contributed by atoms with Crippen LogP contribution in [0.3, 0.4) is 0 Å². The maximum atomic E-state index is 11.6. The lowest BCUT2D eigenvalue weighted by atomic mass is 10.1. The molecule has 0 aliphatic rings. The van der Waals surface area contributed by atoms with E-state index >= 15 is 0 Å². The highest BCUT2D eigenvalue weighted by molar-refractivity contribution is 5.78. The molecule has 19 heavy (non-hydrogen) atoms. The Bertz CT molecular complexity index is 421. The van der Waals surface area contributed by atoms with Gasteiger partial charge in [0.2, 0.25) is 5.91 Å². The number of ether oxygens (including phenoxy) is 2. The van der Waals surface area contributed by atoms with E-state index in [2.05, 4.69) is 5.32 Å². The van der Waals surface area contributed by atoms with E-state index in [-0.39, 0.29) is 11.8 Å². The lowest BCUT2D eigenvalue weighted by molar-refractivity contribution is -0.124. The van der Waals surface area contributed by atoms with E-state index < -0.39 is 0 Å². The van der Waals surface area contributed by atoms with Crippen molar-refractivity contribution in [2.45, 2.75) is 13.3 Å². The first kappa shape index (κ1) is 15.3. The number of nitrogens with one attached hydrogen (secondary N) is 1. The fourth-order valence-electron chi connectivity index (χ4n) is 1.65. The van der Waals surface area contributed by atoms with Crippen LogP contribution >= 0.6 is 0 Å². The summed E-state index contributed by atoms with van der Waals surface area (Å²) in [6, 6.07) is 5.73. The van der Waals surface area contributed by atoms with Gasteiger partial charge in [-0.3, -0.25) is 4.79 Å².